The van der Waals surface area contributed by atoms with E-state index in [0.29, 0.717) is 5.92 Å². The van der Waals surface area contributed by atoms with Crippen molar-refractivity contribution in [2.45, 2.75) is 19.8 Å². The van der Waals surface area contributed by atoms with Crippen LogP contribution < -0.4 is 4.72 Å². The topological polar surface area (TPSA) is 63.2 Å². The number of amides is 1. The van der Waals surface area contributed by atoms with Crippen molar-refractivity contribution in [1.29, 1.82) is 0 Å². The molecule has 1 N–H and O–H groups in total. The Bertz CT molecular complexity index is 399. The van der Waals surface area contributed by atoms with Crippen molar-refractivity contribution in [3.63, 3.8) is 0 Å². The van der Waals surface area contributed by atoms with Gasteiger partial charge in [0.15, 0.2) is 0 Å². The van der Waals surface area contributed by atoms with Gasteiger partial charge in [0.25, 0.3) is 0 Å². The van der Waals surface area contributed by atoms with Gasteiger partial charge in [0.2, 0.25) is 15.9 Å². The zero-order valence-corrected chi connectivity index (χ0v) is 9.46. The normalized spacial score (nSPS) is 33.3. The summed E-state index contributed by atoms with van der Waals surface area (Å²) in [6.45, 7) is 1.52. The molecule has 4 nitrogen and oxygen atoms in total. The standard InChI is InChI=1S/C10H15NO3S/c1-2-15(13,14)11-10(12)9-6-7-3-4-8(9)5-7/h3-4,7-9H,2,5-6H2,1H3,(H,11,12). The van der Waals surface area contributed by atoms with Gasteiger partial charge in [-0.2, -0.15) is 0 Å². The Balaban J connectivity index is 2.01. The maximum atomic E-state index is 11.7. The first-order chi connectivity index (χ1) is 7.02. The van der Waals surface area contributed by atoms with Crippen molar-refractivity contribution in [1.82, 2.24) is 4.72 Å². The molecule has 0 aliphatic heterocycles. The number of carbonyl (C=O) groups is 1. The molecule has 2 bridgehead atoms. The predicted molar refractivity (Wildman–Crippen MR) is 56.4 cm³/mol. The molecule has 5 heteroatoms. The Morgan fingerprint density at radius 2 is 2.13 bits per heavy atom. The van der Waals surface area contributed by atoms with Crippen molar-refractivity contribution in [2.24, 2.45) is 17.8 Å². The first-order valence-corrected chi connectivity index (χ1v) is 6.89. The lowest BCUT2D eigenvalue weighted by atomic mass is 9.93. The van der Waals surface area contributed by atoms with Gasteiger partial charge in [-0.25, -0.2) is 8.42 Å². The van der Waals surface area contributed by atoms with Gasteiger partial charge < -0.3 is 0 Å². The van der Waals surface area contributed by atoms with Crippen LogP contribution in [0.25, 0.3) is 0 Å². The molecule has 0 radical (unpaired) electrons. The predicted octanol–water partition coefficient (Wildman–Crippen LogP) is 0.664. The molecule has 1 fully saturated rings. The summed E-state index contributed by atoms with van der Waals surface area (Å²) in [4.78, 5) is 11.7. The molecular formula is C10H15NO3S. The van der Waals surface area contributed by atoms with Crippen molar-refractivity contribution < 1.29 is 13.2 Å². The summed E-state index contributed by atoms with van der Waals surface area (Å²) in [6.07, 6.45) is 5.97. The first-order valence-electron chi connectivity index (χ1n) is 5.24. The lowest BCUT2D eigenvalue weighted by molar-refractivity contribution is -0.123. The van der Waals surface area contributed by atoms with Gasteiger partial charge >= 0.3 is 0 Å². The summed E-state index contributed by atoms with van der Waals surface area (Å²) in [7, 11) is -3.40. The molecule has 0 heterocycles. The SMILES string of the molecule is CCS(=O)(=O)NC(=O)C1CC2C=CC1C2. The van der Waals surface area contributed by atoms with Gasteiger partial charge in [0.05, 0.1) is 5.75 Å². The molecule has 2 aliphatic carbocycles. The summed E-state index contributed by atoms with van der Waals surface area (Å²) < 4.78 is 24.6. The van der Waals surface area contributed by atoms with Crippen LogP contribution in [0.2, 0.25) is 0 Å². The van der Waals surface area contributed by atoms with E-state index in [1.165, 1.54) is 6.92 Å². The van der Waals surface area contributed by atoms with Crippen molar-refractivity contribution in [3.05, 3.63) is 12.2 Å². The van der Waals surface area contributed by atoms with Crippen molar-refractivity contribution in [2.75, 3.05) is 5.75 Å². The van der Waals surface area contributed by atoms with E-state index in [0.717, 1.165) is 12.8 Å². The van der Waals surface area contributed by atoms with Crippen molar-refractivity contribution >= 4 is 15.9 Å². The minimum Gasteiger partial charge on any atom is -0.274 e. The van der Waals surface area contributed by atoms with Crippen LogP contribution in [-0.4, -0.2) is 20.1 Å². The fourth-order valence-electron chi connectivity index (χ4n) is 2.38. The Morgan fingerprint density at radius 1 is 1.40 bits per heavy atom. The highest BCUT2D eigenvalue weighted by molar-refractivity contribution is 7.90. The number of carbonyl (C=O) groups excluding carboxylic acids is 1. The molecule has 1 amide bonds. The number of allylic oxidation sites excluding steroid dienone is 2. The average molecular weight is 229 g/mol. The zero-order chi connectivity index (χ0) is 11.1. The van der Waals surface area contributed by atoms with Crippen LogP contribution in [-0.2, 0) is 14.8 Å². The molecule has 84 valence electrons. The summed E-state index contributed by atoms with van der Waals surface area (Å²) in [5.74, 6) is 0.224. The molecule has 0 aromatic heterocycles. The third kappa shape index (κ3) is 2.07. The summed E-state index contributed by atoms with van der Waals surface area (Å²) >= 11 is 0. The second-order valence-corrected chi connectivity index (χ2v) is 6.27. The lowest BCUT2D eigenvalue weighted by Gasteiger charge is -2.16. The van der Waals surface area contributed by atoms with Crippen LogP contribution >= 0.6 is 0 Å². The van der Waals surface area contributed by atoms with Gasteiger partial charge in [-0.3, -0.25) is 9.52 Å². The monoisotopic (exact) mass is 229 g/mol. The minimum absolute atomic E-state index is 0.0462. The fraction of sp³-hybridized carbons (Fsp3) is 0.700. The summed E-state index contributed by atoms with van der Waals surface area (Å²) in [5, 5.41) is 0. The lowest BCUT2D eigenvalue weighted by Crippen LogP contribution is -2.37. The average Bonchev–Trinajstić information content (AvgIpc) is 2.78. The van der Waals surface area contributed by atoms with E-state index in [1.807, 2.05) is 6.08 Å². The zero-order valence-electron chi connectivity index (χ0n) is 8.64. The molecule has 2 aliphatic rings. The molecule has 3 atom stereocenters. The smallest absolute Gasteiger partial charge is 0.237 e. The number of sulfonamides is 1. The Morgan fingerprint density at radius 3 is 2.60 bits per heavy atom. The number of fused-ring (bicyclic) bond motifs is 2. The Hall–Kier alpha value is -0.840. The molecule has 0 aromatic rings. The van der Waals surface area contributed by atoms with Crippen LogP contribution in [0.5, 0.6) is 0 Å². The summed E-state index contributed by atoms with van der Waals surface area (Å²) in [6, 6.07) is 0. The van der Waals surface area contributed by atoms with Gasteiger partial charge in [-0.05, 0) is 31.6 Å². The van der Waals surface area contributed by atoms with Gasteiger partial charge in [-0.1, -0.05) is 12.2 Å². The molecule has 2 rings (SSSR count). The molecule has 1 saturated carbocycles. The van der Waals surface area contributed by atoms with E-state index in [9.17, 15) is 13.2 Å². The third-order valence-electron chi connectivity index (χ3n) is 3.25. The molecule has 0 saturated heterocycles. The Labute approximate surface area is 89.8 Å². The number of rotatable bonds is 3. The number of hydrogen-bond acceptors (Lipinski definition) is 3. The van der Waals surface area contributed by atoms with Crippen LogP contribution in [0.3, 0.4) is 0 Å². The minimum atomic E-state index is -3.40. The maximum absolute atomic E-state index is 11.7. The second-order valence-electron chi connectivity index (χ2n) is 4.26. The van der Waals surface area contributed by atoms with Gasteiger partial charge in [0.1, 0.15) is 0 Å². The maximum Gasteiger partial charge on any atom is 0.237 e. The van der Waals surface area contributed by atoms with E-state index in [1.54, 1.807) is 0 Å². The van der Waals surface area contributed by atoms with E-state index >= 15 is 0 Å². The van der Waals surface area contributed by atoms with E-state index in [2.05, 4.69) is 10.8 Å². The molecule has 0 spiro atoms. The van der Waals surface area contributed by atoms with Crippen LogP contribution in [0.4, 0.5) is 0 Å². The highest BCUT2D eigenvalue weighted by Gasteiger charge is 2.40. The second kappa shape index (κ2) is 3.63. The van der Waals surface area contributed by atoms with Crippen LogP contribution in [0, 0.1) is 17.8 Å². The molecular weight excluding hydrogens is 214 g/mol. The molecule has 3 unspecified atom stereocenters. The number of nitrogens with one attached hydrogen (secondary N) is 1. The largest absolute Gasteiger partial charge is 0.274 e. The third-order valence-corrected chi connectivity index (χ3v) is 4.52. The fourth-order valence-corrected chi connectivity index (χ4v) is 2.99. The van der Waals surface area contributed by atoms with Gasteiger partial charge in [-0.15, -0.1) is 0 Å². The molecule has 0 aromatic carbocycles. The highest BCUT2D eigenvalue weighted by Crippen LogP contribution is 2.43. The Kier molecular flexibility index (Phi) is 2.58. The first kappa shape index (κ1) is 10.7. The molecule has 15 heavy (non-hydrogen) atoms. The van der Waals surface area contributed by atoms with E-state index in [4.69, 9.17) is 0 Å². The highest BCUT2D eigenvalue weighted by atomic mass is 32.2. The van der Waals surface area contributed by atoms with Gasteiger partial charge in [0, 0.05) is 5.92 Å². The number of hydrogen-bond donors (Lipinski definition) is 1. The van der Waals surface area contributed by atoms with Crippen LogP contribution in [0.1, 0.15) is 19.8 Å². The quantitative estimate of drug-likeness (QED) is 0.723. The summed E-state index contributed by atoms with van der Waals surface area (Å²) in [5.41, 5.74) is 0. The van der Waals surface area contributed by atoms with Crippen molar-refractivity contribution in [3.8, 4) is 0 Å². The van der Waals surface area contributed by atoms with E-state index < -0.39 is 10.0 Å². The van der Waals surface area contributed by atoms with Crippen LogP contribution in [0.15, 0.2) is 12.2 Å². The van der Waals surface area contributed by atoms with E-state index in [-0.39, 0.29) is 23.5 Å².